The first kappa shape index (κ1) is 18.9. The Morgan fingerprint density at radius 2 is 2.00 bits per heavy atom. The molecule has 1 aromatic carbocycles. The van der Waals surface area contributed by atoms with E-state index in [2.05, 4.69) is 17.2 Å². The number of carboxylic acids is 1. The first-order valence-corrected chi connectivity index (χ1v) is 9.06. The summed E-state index contributed by atoms with van der Waals surface area (Å²) in [6, 6.07) is 7.96. The van der Waals surface area contributed by atoms with Gasteiger partial charge < -0.3 is 20.0 Å². The molecule has 0 aliphatic heterocycles. The Labute approximate surface area is 150 Å². The number of hydrogen-bond donors (Lipinski definition) is 1. The van der Waals surface area contributed by atoms with Crippen molar-refractivity contribution in [2.75, 3.05) is 13.2 Å². The predicted molar refractivity (Wildman–Crippen MR) is 93.5 cm³/mol. The average molecular weight is 361 g/mol. The summed E-state index contributed by atoms with van der Waals surface area (Å²) < 4.78 is 5.59. The molecule has 25 heavy (non-hydrogen) atoms. The first-order valence-electron chi connectivity index (χ1n) is 8.18. The van der Waals surface area contributed by atoms with Crippen LogP contribution in [0.4, 0.5) is 0 Å². The van der Waals surface area contributed by atoms with E-state index in [0.29, 0.717) is 23.9 Å². The number of aliphatic carboxylic acids is 1. The zero-order valence-corrected chi connectivity index (χ0v) is 14.9. The molecule has 0 spiro atoms. The Kier molecular flexibility index (Phi) is 7.40. The van der Waals surface area contributed by atoms with E-state index in [9.17, 15) is 14.7 Å². The number of amides is 1. The maximum Gasteiger partial charge on any atom is 0.226 e. The van der Waals surface area contributed by atoms with Crippen LogP contribution in [0, 0.1) is 0 Å². The molecule has 0 unspecified atom stereocenters. The molecule has 0 atom stereocenters. The van der Waals surface area contributed by atoms with E-state index < -0.39 is 5.97 Å². The Morgan fingerprint density at radius 1 is 1.24 bits per heavy atom. The lowest BCUT2D eigenvalue weighted by Crippen LogP contribution is -2.29. The van der Waals surface area contributed by atoms with Gasteiger partial charge in [0.05, 0.1) is 18.7 Å². The van der Waals surface area contributed by atoms with Crippen LogP contribution < -0.4 is 15.2 Å². The fraction of sp³-hybridized carbons (Fsp3) is 0.389. The molecule has 0 radical (unpaired) electrons. The number of rotatable bonds is 10. The predicted octanol–water partition coefficient (Wildman–Crippen LogP) is 1.13. The van der Waals surface area contributed by atoms with Gasteiger partial charge in [-0.25, -0.2) is 4.98 Å². The minimum atomic E-state index is -1.18. The molecule has 134 valence electrons. The molecule has 0 aliphatic rings. The number of ether oxygens (including phenoxy) is 1. The monoisotopic (exact) mass is 361 g/mol. The number of carbonyl (C=O) groups excluding carboxylic acids is 2. The topological polar surface area (TPSA) is 91.3 Å². The first-order chi connectivity index (χ1) is 12.1. The van der Waals surface area contributed by atoms with Crippen LogP contribution in [0.3, 0.4) is 0 Å². The van der Waals surface area contributed by atoms with Gasteiger partial charge in [-0.3, -0.25) is 4.79 Å². The summed E-state index contributed by atoms with van der Waals surface area (Å²) in [5.74, 6) is -0.571. The highest BCUT2D eigenvalue weighted by Gasteiger charge is 2.08. The summed E-state index contributed by atoms with van der Waals surface area (Å²) in [6.45, 7) is 2.92. The third kappa shape index (κ3) is 6.93. The zero-order valence-electron chi connectivity index (χ0n) is 14.1. The van der Waals surface area contributed by atoms with Crippen LogP contribution in [-0.2, 0) is 28.9 Å². The van der Waals surface area contributed by atoms with Crippen molar-refractivity contribution in [1.29, 1.82) is 0 Å². The van der Waals surface area contributed by atoms with Crippen molar-refractivity contribution in [1.82, 2.24) is 10.3 Å². The number of carbonyl (C=O) groups is 2. The third-order valence-electron chi connectivity index (χ3n) is 3.39. The second-order valence-corrected chi connectivity index (χ2v) is 6.49. The van der Waals surface area contributed by atoms with Gasteiger partial charge in [0.25, 0.3) is 0 Å². The lowest BCUT2D eigenvalue weighted by atomic mass is 10.1. The van der Waals surface area contributed by atoms with Gasteiger partial charge in [0.15, 0.2) is 0 Å². The van der Waals surface area contributed by atoms with Crippen molar-refractivity contribution in [3.8, 4) is 5.75 Å². The molecular weight excluding hydrogens is 340 g/mol. The summed E-state index contributed by atoms with van der Waals surface area (Å²) in [6.07, 6.45) is 2.06. The number of thiazole rings is 1. The van der Waals surface area contributed by atoms with Crippen molar-refractivity contribution in [2.45, 2.75) is 32.6 Å². The quantitative estimate of drug-likeness (QED) is 0.641. The van der Waals surface area contributed by atoms with Gasteiger partial charge in [-0.15, -0.1) is 11.3 Å². The highest BCUT2D eigenvalue weighted by Crippen LogP contribution is 2.13. The molecule has 2 aromatic rings. The molecule has 0 saturated carbocycles. The van der Waals surface area contributed by atoms with Crippen LogP contribution in [0.1, 0.15) is 29.6 Å². The maximum absolute atomic E-state index is 11.8. The molecule has 1 N–H and O–H groups in total. The van der Waals surface area contributed by atoms with Gasteiger partial charge >= 0.3 is 0 Å². The molecule has 1 heterocycles. The van der Waals surface area contributed by atoms with Gasteiger partial charge in [0, 0.05) is 17.8 Å². The highest BCUT2D eigenvalue weighted by molar-refractivity contribution is 7.09. The molecule has 7 heteroatoms. The van der Waals surface area contributed by atoms with E-state index in [1.807, 2.05) is 24.3 Å². The van der Waals surface area contributed by atoms with E-state index in [1.54, 1.807) is 5.38 Å². The van der Waals surface area contributed by atoms with Gasteiger partial charge in [-0.05, 0) is 24.1 Å². The van der Waals surface area contributed by atoms with Gasteiger partial charge in [-0.1, -0.05) is 25.5 Å². The number of aromatic nitrogens is 1. The van der Waals surface area contributed by atoms with E-state index in [-0.39, 0.29) is 18.7 Å². The fourth-order valence-electron chi connectivity index (χ4n) is 2.26. The van der Waals surface area contributed by atoms with Crippen molar-refractivity contribution in [3.05, 3.63) is 45.9 Å². The Morgan fingerprint density at radius 3 is 2.68 bits per heavy atom. The summed E-state index contributed by atoms with van der Waals surface area (Å²) in [5.41, 5.74) is 1.70. The zero-order chi connectivity index (χ0) is 18.1. The minimum Gasteiger partial charge on any atom is -0.550 e. The van der Waals surface area contributed by atoms with E-state index in [0.717, 1.165) is 18.6 Å². The SMILES string of the molecule is CCCc1ccc(OCCNC(=O)Cc2nc(CC(=O)[O-])cs2)cc1. The number of benzene rings is 1. The third-order valence-corrected chi connectivity index (χ3v) is 4.29. The van der Waals surface area contributed by atoms with Crippen LogP contribution in [-0.4, -0.2) is 30.0 Å². The smallest absolute Gasteiger partial charge is 0.226 e. The fourth-order valence-corrected chi connectivity index (χ4v) is 3.05. The normalized spacial score (nSPS) is 10.4. The minimum absolute atomic E-state index is 0.128. The number of aryl methyl sites for hydroxylation is 1. The highest BCUT2D eigenvalue weighted by atomic mass is 32.1. The average Bonchev–Trinajstić information content (AvgIpc) is 2.99. The number of nitrogens with one attached hydrogen (secondary N) is 1. The number of carboxylic acid groups (broad SMARTS) is 1. The van der Waals surface area contributed by atoms with Crippen molar-refractivity contribution >= 4 is 23.2 Å². The number of hydrogen-bond acceptors (Lipinski definition) is 6. The molecule has 0 fully saturated rings. The molecule has 2 rings (SSSR count). The maximum atomic E-state index is 11.8. The molecule has 0 bridgehead atoms. The van der Waals surface area contributed by atoms with Gasteiger partial charge in [0.2, 0.25) is 5.91 Å². The molecule has 0 aliphatic carbocycles. The van der Waals surface area contributed by atoms with Crippen molar-refractivity contribution < 1.29 is 19.4 Å². The molecule has 1 aromatic heterocycles. The lowest BCUT2D eigenvalue weighted by Gasteiger charge is -2.08. The number of nitrogens with zero attached hydrogens (tertiary/aromatic N) is 1. The van der Waals surface area contributed by atoms with Crippen LogP contribution in [0.2, 0.25) is 0 Å². The molecule has 0 saturated heterocycles. The lowest BCUT2D eigenvalue weighted by molar-refractivity contribution is -0.304. The Hall–Kier alpha value is -2.41. The second-order valence-electron chi connectivity index (χ2n) is 5.55. The molecular formula is C18H21N2O4S-. The van der Waals surface area contributed by atoms with Crippen LogP contribution in [0.25, 0.3) is 0 Å². The van der Waals surface area contributed by atoms with Crippen LogP contribution in [0.5, 0.6) is 5.75 Å². The van der Waals surface area contributed by atoms with E-state index in [4.69, 9.17) is 4.74 Å². The summed E-state index contributed by atoms with van der Waals surface area (Å²) in [4.78, 5) is 26.4. The Bertz CT molecular complexity index is 697. The molecule has 6 nitrogen and oxygen atoms in total. The second kappa shape index (κ2) is 9.78. The standard InChI is InChI=1S/C18H22N2O4S/c1-2-3-13-4-6-15(7-5-13)24-9-8-19-16(21)11-17-20-14(12-25-17)10-18(22)23/h4-7,12H,2-3,8-11H2,1H3,(H,19,21)(H,22,23)/p-1. The summed E-state index contributed by atoms with van der Waals surface area (Å²) >= 11 is 1.27. The van der Waals surface area contributed by atoms with Crippen molar-refractivity contribution in [3.63, 3.8) is 0 Å². The van der Waals surface area contributed by atoms with E-state index in [1.165, 1.54) is 16.9 Å². The van der Waals surface area contributed by atoms with Crippen molar-refractivity contribution in [2.24, 2.45) is 0 Å². The summed E-state index contributed by atoms with van der Waals surface area (Å²) in [5, 5.41) is 15.5. The Balaban J connectivity index is 1.66. The van der Waals surface area contributed by atoms with Crippen LogP contribution in [0.15, 0.2) is 29.6 Å². The van der Waals surface area contributed by atoms with E-state index >= 15 is 0 Å². The van der Waals surface area contributed by atoms with Crippen LogP contribution >= 0.6 is 11.3 Å². The van der Waals surface area contributed by atoms with Gasteiger partial charge in [0.1, 0.15) is 17.4 Å². The molecule has 1 amide bonds. The van der Waals surface area contributed by atoms with Gasteiger partial charge in [-0.2, -0.15) is 0 Å². The summed E-state index contributed by atoms with van der Waals surface area (Å²) in [7, 11) is 0. The largest absolute Gasteiger partial charge is 0.550 e.